The molecule has 13 rings (SSSR count). The van der Waals surface area contributed by atoms with Crippen LogP contribution >= 0.6 is 0 Å². The number of halogens is 15. The summed E-state index contributed by atoms with van der Waals surface area (Å²) < 4.78 is 238. The first-order valence-corrected chi connectivity index (χ1v) is 22.6. The van der Waals surface area contributed by atoms with Crippen LogP contribution < -0.4 is 0 Å². The zero-order valence-electron chi connectivity index (χ0n) is 38.1. The zero-order chi connectivity index (χ0) is 54.5. The molecule has 0 saturated heterocycles. The molecule has 21 heteroatoms. The highest BCUT2D eigenvalue weighted by Crippen LogP contribution is 2.46. The van der Waals surface area contributed by atoms with Gasteiger partial charge >= 0.3 is 0 Å². The molecule has 0 saturated carbocycles. The number of benzene rings is 7. The van der Waals surface area contributed by atoms with E-state index in [9.17, 15) is 39.5 Å². The molecule has 6 aromatic heterocycles. The Morgan fingerprint density at radius 3 is 0.718 bits per heavy atom. The molecule has 0 radical (unpaired) electrons. The predicted molar refractivity (Wildman–Crippen MR) is 254 cm³/mol. The van der Waals surface area contributed by atoms with E-state index < -0.39 is 121 Å². The van der Waals surface area contributed by atoms with E-state index in [4.69, 9.17) is 13.3 Å². The largest absolute Gasteiger partial charge is 0.454 e. The number of hydrogen-bond acceptors (Lipinski definition) is 6. The van der Waals surface area contributed by atoms with Crippen molar-refractivity contribution in [3.63, 3.8) is 0 Å². The Kier molecular flexibility index (Phi) is 10.6. The molecule has 6 nitrogen and oxygen atoms in total. The number of rotatable bonds is 6. The van der Waals surface area contributed by atoms with E-state index >= 15 is 26.3 Å². The third-order valence-corrected chi connectivity index (χ3v) is 13.4. The minimum atomic E-state index is -2.35. The monoisotopic (exact) mass is 1080 g/mol. The zero-order valence-corrected chi connectivity index (χ0v) is 38.1. The van der Waals surface area contributed by atoms with Crippen LogP contribution in [0.2, 0.25) is 0 Å². The van der Waals surface area contributed by atoms with Gasteiger partial charge in [0.1, 0.15) is 33.3 Å². The summed E-state index contributed by atoms with van der Waals surface area (Å²) in [5.74, 6) is -32.5. The van der Waals surface area contributed by atoms with Gasteiger partial charge in [-0.3, -0.25) is 15.0 Å². The molecule has 0 aliphatic heterocycles. The van der Waals surface area contributed by atoms with Crippen molar-refractivity contribution in [1.29, 1.82) is 0 Å². The first-order valence-electron chi connectivity index (χ1n) is 22.6. The molecule has 0 bridgehead atoms. The first-order chi connectivity index (χ1) is 37.4. The molecule has 0 unspecified atom stereocenters. The molecule has 0 N–H and O–H groups in total. The molecule has 0 atom stereocenters. The fourth-order valence-corrected chi connectivity index (χ4v) is 9.79. The van der Waals surface area contributed by atoms with E-state index in [1.807, 2.05) is 0 Å². The standard InChI is InChI=1S/C57H18F15N3O3/c58-37-34(38(59)44(65)49(70)43(37)64)19-1-4-31-28(16-19)52-55(76-31)25(7-10-73-52)22-13-23(26-8-11-74-53-29-17-20(2-5-32(29)77-56(26)53)35-39(60)45(66)50(71)46(67)40(35)61)15-24(14-22)27-9-12-75-54-30-18-21(3-6-33(30)78-57(27)54)36-41(62)47(68)51(72)48(69)42(36)63/h1-18H. The summed E-state index contributed by atoms with van der Waals surface area (Å²) >= 11 is 0. The summed E-state index contributed by atoms with van der Waals surface area (Å²) in [4.78, 5) is 13.3. The van der Waals surface area contributed by atoms with Gasteiger partial charge in [0.25, 0.3) is 0 Å². The summed E-state index contributed by atoms with van der Waals surface area (Å²) in [6.45, 7) is 0. The Balaban J connectivity index is 1.03. The van der Waals surface area contributed by atoms with Crippen LogP contribution in [0.1, 0.15) is 0 Å². The van der Waals surface area contributed by atoms with Crippen molar-refractivity contribution in [2.75, 3.05) is 0 Å². The van der Waals surface area contributed by atoms with Crippen LogP contribution in [-0.4, -0.2) is 15.0 Å². The summed E-state index contributed by atoms with van der Waals surface area (Å²) in [6.07, 6.45) is 4.05. The Labute approximate surface area is 422 Å². The van der Waals surface area contributed by atoms with Crippen molar-refractivity contribution < 1.29 is 79.1 Å². The predicted octanol–water partition coefficient (Wildman–Crippen LogP) is 17.7. The molecule has 0 aliphatic rings. The van der Waals surface area contributed by atoms with Crippen LogP contribution in [0.15, 0.2) is 123 Å². The van der Waals surface area contributed by atoms with Crippen molar-refractivity contribution in [3.05, 3.63) is 197 Å². The fraction of sp³-hybridized carbons (Fsp3) is 0. The van der Waals surface area contributed by atoms with Crippen LogP contribution in [-0.2, 0) is 0 Å². The van der Waals surface area contributed by atoms with Crippen LogP contribution in [0.25, 0.3) is 133 Å². The maximum Gasteiger partial charge on any atom is 0.200 e. The summed E-state index contributed by atoms with van der Waals surface area (Å²) in [5.41, 5.74) is -2.38. The summed E-state index contributed by atoms with van der Waals surface area (Å²) in [6, 6.07) is 20.0. The third kappa shape index (κ3) is 6.85. The van der Waals surface area contributed by atoms with Crippen molar-refractivity contribution >= 4 is 66.2 Å². The molecule has 0 fully saturated rings. The molecular formula is C57H18F15N3O3. The van der Waals surface area contributed by atoms with Gasteiger partial charge < -0.3 is 13.3 Å². The fourth-order valence-electron chi connectivity index (χ4n) is 9.79. The minimum absolute atomic E-state index is 0.0544. The Hall–Kier alpha value is -9.66. The Morgan fingerprint density at radius 2 is 0.474 bits per heavy atom. The molecule has 384 valence electrons. The second kappa shape index (κ2) is 17.2. The van der Waals surface area contributed by atoms with Crippen LogP contribution in [0.5, 0.6) is 0 Å². The molecular weight excluding hydrogens is 1060 g/mol. The van der Waals surface area contributed by atoms with Gasteiger partial charge in [-0.25, -0.2) is 65.9 Å². The number of fused-ring (bicyclic) bond motifs is 9. The van der Waals surface area contributed by atoms with Crippen molar-refractivity contribution in [1.82, 2.24) is 15.0 Å². The van der Waals surface area contributed by atoms with Crippen molar-refractivity contribution in [3.8, 4) is 66.8 Å². The highest BCUT2D eigenvalue weighted by atomic mass is 19.2. The quantitative estimate of drug-likeness (QED) is 0.0938. The highest BCUT2D eigenvalue weighted by Gasteiger charge is 2.31. The lowest BCUT2D eigenvalue weighted by molar-refractivity contribution is 0.381. The van der Waals surface area contributed by atoms with E-state index in [0.717, 1.165) is 36.4 Å². The van der Waals surface area contributed by atoms with Crippen molar-refractivity contribution in [2.45, 2.75) is 0 Å². The Morgan fingerprint density at radius 1 is 0.244 bits per heavy atom. The summed E-state index contributed by atoms with van der Waals surface area (Å²) in [5, 5.41) is 0.282. The number of nitrogens with zero attached hydrogens (tertiary/aromatic N) is 3. The van der Waals surface area contributed by atoms with Crippen LogP contribution in [0.4, 0.5) is 65.9 Å². The second-order valence-electron chi connectivity index (χ2n) is 17.7. The normalized spacial score (nSPS) is 12.0. The van der Waals surface area contributed by atoms with Gasteiger partial charge in [0.15, 0.2) is 86.6 Å². The highest BCUT2D eigenvalue weighted by molar-refractivity contribution is 6.12. The lowest BCUT2D eigenvalue weighted by Gasteiger charge is -2.12. The molecule has 7 aromatic carbocycles. The van der Waals surface area contributed by atoms with Gasteiger partial charge in [-0.15, -0.1) is 0 Å². The first kappa shape index (κ1) is 48.0. The Bertz CT molecular complexity index is 4260. The van der Waals surface area contributed by atoms with Gasteiger partial charge in [0.2, 0.25) is 17.5 Å². The van der Waals surface area contributed by atoms with Crippen molar-refractivity contribution in [2.24, 2.45) is 0 Å². The second-order valence-corrected chi connectivity index (χ2v) is 17.7. The SMILES string of the molecule is Fc1c(F)c(F)c(-c2ccc3oc4c(-c5cc(-c6ccnc7c6oc6ccc(-c8c(F)c(F)c(F)c(F)c8F)cc67)cc(-c6ccnc7c6oc6ccc(-c8c(F)c(F)c(F)c(F)c8F)cc67)c5)ccnc4c3c2)c(F)c1F. The third-order valence-electron chi connectivity index (χ3n) is 13.4. The molecule has 0 amide bonds. The van der Waals surface area contributed by atoms with Gasteiger partial charge in [-0.05, 0) is 106 Å². The van der Waals surface area contributed by atoms with Gasteiger partial charge in [-0.2, -0.15) is 0 Å². The van der Waals surface area contributed by atoms with E-state index in [0.29, 0.717) is 33.4 Å². The van der Waals surface area contributed by atoms with Crippen LogP contribution in [0.3, 0.4) is 0 Å². The molecule has 6 heterocycles. The molecule has 0 aliphatic carbocycles. The van der Waals surface area contributed by atoms with E-state index in [1.54, 1.807) is 18.2 Å². The maximum atomic E-state index is 15.1. The van der Waals surface area contributed by atoms with Crippen LogP contribution in [0, 0.1) is 87.3 Å². The topological polar surface area (TPSA) is 78.1 Å². The van der Waals surface area contributed by atoms with Gasteiger partial charge in [-0.1, -0.05) is 18.2 Å². The number of pyridine rings is 3. The lowest BCUT2D eigenvalue weighted by atomic mass is 9.93. The number of hydrogen-bond donors (Lipinski definition) is 0. The van der Waals surface area contributed by atoms with Gasteiger partial charge in [0.05, 0.1) is 16.7 Å². The smallest absolute Gasteiger partial charge is 0.200 e. The van der Waals surface area contributed by atoms with E-state index in [1.165, 1.54) is 55.0 Å². The maximum absolute atomic E-state index is 15.1. The lowest BCUT2D eigenvalue weighted by Crippen LogP contribution is -2.03. The molecule has 13 aromatic rings. The average Bonchev–Trinajstić information content (AvgIpc) is 4.32. The number of aromatic nitrogens is 3. The average molecular weight is 1080 g/mol. The van der Waals surface area contributed by atoms with E-state index in [-0.39, 0.29) is 66.2 Å². The molecule has 78 heavy (non-hydrogen) atoms. The summed E-state index contributed by atoms with van der Waals surface area (Å²) in [7, 11) is 0. The number of furan rings is 3. The van der Waals surface area contributed by atoms with E-state index in [2.05, 4.69) is 15.0 Å². The minimum Gasteiger partial charge on any atom is -0.454 e. The molecule has 0 spiro atoms. The van der Waals surface area contributed by atoms with Gasteiger partial charge in [0, 0.05) is 51.4 Å².